The van der Waals surface area contributed by atoms with Gasteiger partial charge in [0.25, 0.3) is 5.91 Å². The molecule has 25 heavy (non-hydrogen) atoms. The fraction of sp³-hybridized carbons (Fsp3) is 0.300. The maximum absolute atomic E-state index is 12.2. The van der Waals surface area contributed by atoms with E-state index < -0.39 is 0 Å². The molecule has 0 aromatic heterocycles. The zero-order valence-electron chi connectivity index (χ0n) is 14.3. The van der Waals surface area contributed by atoms with Crippen molar-refractivity contribution in [1.29, 1.82) is 0 Å². The Hall–Kier alpha value is -2.82. The number of amides is 2. The Kier molecular flexibility index (Phi) is 5.33. The van der Waals surface area contributed by atoms with E-state index in [0.29, 0.717) is 17.3 Å². The summed E-state index contributed by atoms with van der Waals surface area (Å²) in [5, 5.41) is 8.94. The maximum atomic E-state index is 12.2. The second kappa shape index (κ2) is 7.83. The quantitative estimate of drug-likeness (QED) is 0.727. The van der Waals surface area contributed by atoms with Crippen molar-refractivity contribution in [3.05, 3.63) is 59.7 Å². The number of carbonyl (C=O) groups excluding carboxylic acids is 2. The van der Waals surface area contributed by atoms with E-state index in [1.165, 1.54) is 5.56 Å². The van der Waals surface area contributed by atoms with Crippen molar-refractivity contribution in [3.8, 4) is 0 Å². The van der Waals surface area contributed by atoms with Crippen LogP contribution in [0.2, 0.25) is 0 Å². The summed E-state index contributed by atoms with van der Waals surface area (Å²) in [7, 11) is 0. The van der Waals surface area contributed by atoms with E-state index in [4.69, 9.17) is 0 Å². The minimum absolute atomic E-state index is 0.0893. The lowest BCUT2D eigenvalue weighted by Gasteiger charge is -2.11. The van der Waals surface area contributed by atoms with Crippen molar-refractivity contribution >= 4 is 23.2 Å². The summed E-state index contributed by atoms with van der Waals surface area (Å²) in [5.41, 5.74) is 3.33. The molecular formula is C20H23N3O2. The van der Waals surface area contributed by atoms with Crippen molar-refractivity contribution in [2.45, 2.75) is 32.2 Å². The summed E-state index contributed by atoms with van der Waals surface area (Å²) in [6, 6.07) is 15.3. The van der Waals surface area contributed by atoms with Crippen molar-refractivity contribution < 1.29 is 9.59 Å². The van der Waals surface area contributed by atoms with Crippen LogP contribution < -0.4 is 16.0 Å². The van der Waals surface area contributed by atoms with E-state index in [1.807, 2.05) is 24.3 Å². The van der Waals surface area contributed by atoms with Gasteiger partial charge in [0.2, 0.25) is 5.91 Å². The van der Waals surface area contributed by atoms with Gasteiger partial charge in [-0.2, -0.15) is 0 Å². The zero-order chi connectivity index (χ0) is 17.6. The first-order valence-corrected chi connectivity index (χ1v) is 8.68. The molecule has 1 saturated carbocycles. The molecule has 2 amide bonds. The van der Waals surface area contributed by atoms with E-state index in [-0.39, 0.29) is 18.4 Å². The van der Waals surface area contributed by atoms with Crippen LogP contribution in [0.4, 0.5) is 11.4 Å². The lowest BCUT2D eigenvalue weighted by atomic mass is 10.1. The number of benzene rings is 2. The topological polar surface area (TPSA) is 70.2 Å². The molecule has 0 bridgehead atoms. The summed E-state index contributed by atoms with van der Waals surface area (Å²) in [6.45, 7) is 2.26. The molecule has 3 rings (SSSR count). The standard InChI is InChI=1S/C20H23N3O2/c1-2-14-6-3-4-9-18(14)21-13-19(24)22-17-8-5-7-15(12-17)20(25)23-16-10-11-16/h3-9,12,16,21H,2,10-11,13H2,1H3,(H,22,24)(H,23,25). The number of carbonyl (C=O) groups is 2. The number of aryl methyl sites for hydroxylation is 1. The van der Waals surface area contributed by atoms with Gasteiger partial charge in [-0.05, 0) is 49.1 Å². The van der Waals surface area contributed by atoms with E-state index in [2.05, 4.69) is 22.9 Å². The Labute approximate surface area is 147 Å². The van der Waals surface area contributed by atoms with E-state index >= 15 is 0 Å². The molecule has 5 nitrogen and oxygen atoms in total. The van der Waals surface area contributed by atoms with Crippen molar-refractivity contribution in [3.63, 3.8) is 0 Å². The monoisotopic (exact) mass is 337 g/mol. The summed E-state index contributed by atoms with van der Waals surface area (Å²) >= 11 is 0. The first kappa shape index (κ1) is 17.0. The van der Waals surface area contributed by atoms with Crippen LogP contribution in [-0.4, -0.2) is 24.4 Å². The van der Waals surface area contributed by atoms with Gasteiger partial charge in [0, 0.05) is 23.0 Å². The van der Waals surface area contributed by atoms with Crippen molar-refractivity contribution in [2.75, 3.05) is 17.2 Å². The summed E-state index contributed by atoms with van der Waals surface area (Å²) in [6.07, 6.45) is 3.00. The minimum Gasteiger partial charge on any atom is -0.376 e. The third-order valence-electron chi connectivity index (χ3n) is 4.16. The molecule has 0 aliphatic heterocycles. The third kappa shape index (κ3) is 4.83. The fourth-order valence-electron chi connectivity index (χ4n) is 2.62. The molecule has 0 heterocycles. The highest BCUT2D eigenvalue weighted by molar-refractivity contribution is 5.98. The molecule has 2 aromatic rings. The summed E-state index contributed by atoms with van der Waals surface area (Å²) in [5.74, 6) is -0.237. The Morgan fingerprint density at radius 3 is 2.64 bits per heavy atom. The van der Waals surface area contributed by atoms with Crippen LogP contribution in [0.15, 0.2) is 48.5 Å². The molecule has 0 spiro atoms. The Morgan fingerprint density at radius 1 is 1.08 bits per heavy atom. The number of rotatable bonds is 7. The van der Waals surface area contributed by atoms with Gasteiger partial charge < -0.3 is 16.0 Å². The molecule has 130 valence electrons. The first-order chi connectivity index (χ1) is 12.2. The zero-order valence-corrected chi connectivity index (χ0v) is 14.3. The molecule has 1 aliphatic carbocycles. The van der Waals surface area contributed by atoms with Gasteiger partial charge in [0.05, 0.1) is 6.54 Å². The van der Waals surface area contributed by atoms with Crippen LogP contribution in [-0.2, 0) is 11.2 Å². The molecular weight excluding hydrogens is 314 g/mol. The van der Waals surface area contributed by atoms with E-state index in [0.717, 1.165) is 24.9 Å². The van der Waals surface area contributed by atoms with Gasteiger partial charge in [-0.3, -0.25) is 9.59 Å². The SMILES string of the molecule is CCc1ccccc1NCC(=O)Nc1cccc(C(=O)NC2CC2)c1. The van der Waals surface area contributed by atoms with Crippen LogP contribution in [0.25, 0.3) is 0 Å². The molecule has 1 fully saturated rings. The van der Waals surface area contributed by atoms with Crippen LogP contribution in [0.3, 0.4) is 0 Å². The number of hydrogen-bond donors (Lipinski definition) is 3. The highest BCUT2D eigenvalue weighted by atomic mass is 16.2. The number of para-hydroxylation sites is 1. The van der Waals surface area contributed by atoms with E-state index in [1.54, 1.807) is 24.3 Å². The second-order valence-electron chi connectivity index (χ2n) is 6.24. The van der Waals surface area contributed by atoms with Crippen molar-refractivity contribution in [1.82, 2.24) is 5.32 Å². The van der Waals surface area contributed by atoms with Crippen LogP contribution >= 0.6 is 0 Å². The molecule has 0 atom stereocenters. The highest BCUT2D eigenvalue weighted by Crippen LogP contribution is 2.20. The second-order valence-corrected chi connectivity index (χ2v) is 6.24. The first-order valence-electron chi connectivity index (χ1n) is 8.68. The molecule has 1 aliphatic rings. The molecule has 3 N–H and O–H groups in total. The van der Waals surface area contributed by atoms with Crippen LogP contribution in [0.5, 0.6) is 0 Å². The van der Waals surface area contributed by atoms with Gasteiger partial charge in [-0.25, -0.2) is 0 Å². The molecule has 5 heteroatoms. The third-order valence-corrected chi connectivity index (χ3v) is 4.16. The van der Waals surface area contributed by atoms with Gasteiger partial charge in [-0.15, -0.1) is 0 Å². The summed E-state index contributed by atoms with van der Waals surface area (Å²) in [4.78, 5) is 24.3. The lowest BCUT2D eigenvalue weighted by molar-refractivity contribution is -0.114. The largest absolute Gasteiger partial charge is 0.376 e. The van der Waals surface area contributed by atoms with E-state index in [9.17, 15) is 9.59 Å². The maximum Gasteiger partial charge on any atom is 0.251 e. The molecule has 0 radical (unpaired) electrons. The van der Waals surface area contributed by atoms with Crippen LogP contribution in [0, 0.1) is 0 Å². The van der Waals surface area contributed by atoms with Gasteiger partial charge in [0.15, 0.2) is 0 Å². The Balaban J connectivity index is 1.56. The smallest absolute Gasteiger partial charge is 0.251 e. The molecule has 0 saturated heterocycles. The normalized spacial score (nSPS) is 13.2. The Morgan fingerprint density at radius 2 is 1.88 bits per heavy atom. The Bertz CT molecular complexity index is 769. The number of nitrogens with one attached hydrogen (secondary N) is 3. The average Bonchev–Trinajstić information content (AvgIpc) is 3.44. The van der Waals surface area contributed by atoms with Gasteiger partial charge in [-0.1, -0.05) is 31.2 Å². The predicted molar refractivity (Wildman–Crippen MR) is 99.9 cm³/mol. The fourth-order valence-corrected chi connectivity index (χ4v) is 2.62. The number of hydrogen-bond acceptors (Lipinski definition) is 3. The van der Waals surface area contributed by atoms with Crippen LogP contribution in [0.1, 0.15) is 35.7 Å². The molecule has 0 unspecified atom stereocenters. The highest BCUT2D eigenvalue weighted by Gasteiger charge is 2.23. The van der Waals surface area contributed by atoms with Gasteiger partial charge in [0.1, 0.15) is 0 Å². The lowest BCUT2D eigenvalue weighted by Crippen LogP contribution is -2.26. The average molecular weight is 337 g/mol. The predicted octanol–water partition coefficient (Wildman–Crippen LogP) is 3.19. The van der Waals surface area contributed by atoms with Crippen molar-refractivity contribution in [2.24, 2.45) is 0 Å². The minimum atomic E-state index is -0.148. The number of anilines is 2. The molecule has 2 aromatic carbocycles. The van der Waals surface area contributed by atoms with Gasteiger partial charge >= 0.3 is 0 Å². The summed E-state index contributed by atoms with van der Waals surface area (Å²) < 4.78 is 0.